The van der Waals surface area contributed by atoms with E-state index in [1.165, 1.54) is 11.9 Å². The van der Waals surface area contributed by atoms with E-state index in [-0.39, 0.29) is 37.1 Å². The Hall–Kier alpha value is -4.70. The minimum atomic E-state index is -0.402. The number of aromatic nitrogens is 2. The number of anilines is 1. The van der Waals surface area contributed by atoms with Gasteiger partial charge in [0.15, 0.2) is 0 Å². The number of carbonyl (C=O) groups is 3. The Bertz CT molecular complexity index is 1340. The average Bonchev–Trinajstić information content (AvgIpc) is 3.08. The summed E-state index contributed by atoms with van der Waals surface area (Å²) >= 11 is 0. The van der Waals surface area contributed by atoms with Crippen molar-refractivity contribution >= 4 is 23.7 Å². The largest absolute Gasteiger partial charge is 0.379 e. The summed E-state index contributed by atoms with van der Waals surface area (Å²) < 4.78 is 16.2. The second-order valence-electron chi connectivity index (χ2n) is 10.3. The van der Waals surface area contributed by atoms with Gasteiger partial charge in [0, 0.05) is 57.2 Å². The minimum Gasteiger partial charge on any atom is -0.379 e. The Kier molecular flexibility index (Phi) is 16.4. The number of likely N-dealkylation sites (N-methyl/N-ethyl adjacent to an activating group) is 1. The van der Waals surface area contributed by atoms with Crippen LogP contribution in [-0.4, -0.2) is 92.4 Å². The zero-order valence-corrected chi connectivity index (χ0v) is 26.3. The van der Waals surface area contributed by atoms with Crippen molar-refractivity contribution < 1.29 is 28.6 Å². The number of rotatable bonds is 21. The Morgan fingerprint density at radius 1 is 0.761 bits per heavy atom. The Labute approximate surface area is 270 Å². The molecule has 0 aliphatic rings. The highest BCUT2D eigenvalue weighted by Gasteiger charge is 2.16. The number of hydrogen-bond acceptors (Lipinski definition) is 9. The fraction of sp³-hybridized carbons (Fsp3) is 0.412. The van der Waals surface area contributed by atoms with Crippen LogP contribution < -0.4 is 10.6 Å². The highest BCUT2D eigenvalue weighted by atomic mass is 16.5. The van der Waals surface area contributed by atoms with Crippen LogP contribution in [0.2, 0.25) is 0 Å². The predicted octanol–water partition coefficient (Wildman–Crippen LogP) is 3.85. The quantitative estimate of drug-likeness (QED) is 0.167. The molecule has 3 amide bonds. The number of ether oxygens (including phenoxy) is 3. The van der Waals surface area contributed by atoms with Crippen LogP contribution in [0, 0.1) is 11.3 Å². The molecule has 0 saturated heterocycles. The number of unbranched alkanes of at least 4 members (excludes halogenated alkanes) is 1. The highest BCUT2D eigenvalue weighted by molar-refractivity contribution is 5.93. The number of nitriles is 1. The molecule has 2 N–H and O–H groups in total. The number of amides is 3. The second-order valence-corrected chi connectivity index (χ2v) is 10.3. The summed E-state index contributed by atoms with van der Waals surface area (Å²) in [7, 11) is 1.53. The van der Waals surface area contributed by atoms with Crippen LogP contribution in [0.3, 0.4) is 0 Å². The first kappa shape index (κ1) is 35.8. The van der Waals surface area contributed by atoms with Gasteiger partial charge in [-0.1, -0.05) is 60.7 Å². The normalized spacial score (nSPS) is 10.6. The Morgan fingerprint density at radius 3 is 1.87 bits per heavy atom. The molecular weight excluding hydrogens is 588 g/mol. The van der Waals surface area contributed by atoms with E-state index >= 15 is 0 Å². The van der Waals surface area contributed by atoms with Crippen molar-refractivity contribution in [3.63, 3.8) is 0 Å². The monoisotopic (exact) mass is 630 g/mol. The molecule has 3 rings (SSSR count). The smallest absolute Gasteiger partial charge is 0.239 e. The lowest BCUT2D eigenvalue weighted by Crippen LogP contribution is -2.39. The molecule has 1 aromatic heterocycles. The summed E-state index contributed by atoms with van der Waals surface area (Å²) in [6.45, 7) is 3.14. The van der Waals surface area contributed by atoms with Gasteiger partial charge in [0.1, 0.15) is 0 Å². The molecule has 12 nitrogen and oxygen atoms in total. The third kappa shape index (κ3) is 13.9. The van der Waals surface area contributed by atoms with E-state index in [1.54, 1.807) is 0 Å². The Morgan fingerprint density at radius 2 is 1.30 bits per heavy atom. The van der Waals surface area contributed by atoms with Crippen molar-refractivity contribution in [1.29, 1.82) is 5.26 Å². The van der Waals surface area contributed by atoms with Crippen LogP contribution >= 0.6 is 0 Å². The molecule has 0 atom stereocenters. The van der Waals surface area contributed by atoms with Gasteiger partial charge in [-0.3, -0.25) is 19.7 Å². The summed E-state index contributed by atoms with van der Waals surface area (Å²) in [5, 5.41) is 13.9. The number of nitrogens with zero attached hydrogens (tertiary/aromatic N) is 4. The standard InChI is InChI=1S/C34H42N6O6/c1-40(26-32(42)36-18-10-20-45-22-24-46-23-21-44-19-9-8-17-35)33(43)16-15-31(41)39-34-37-29(27-11-4-2-5-12-27)25-30(38-34)28-13-6-3-7-14-28/h2-7,11-14,25H,8-10,15-16,18-24,26H2,1H3,(H,36,42)(H,37,38,39,41). The summed E-state index contributed by atoms with van der Waals surface area (Å²) in [4.78, 5) is 48.0. The second kappa shape index (κ2) is 21.1. The average molecular weight is 631 g/mol. The summed E-state index contributed by atoms with van der Waals surface area (Å²) in [5.74, 6) is -0.875. The summed E-state index contributed by atoms with van der Waals surface area (Å²) in [5.41, 5.74) is 3.09. The van der Waals surface area contributed by atoms with Crippen LogP contribution in [0.4, 0.5) is 5.95 Å². The summed E-state index contributed by atoms with van der Waals surface area (Å²) in [6, 6.07) is 23.1. The van der Waals surface area contributed by atoms with Crippen molar-refractivity contribution in [3.05, 3.63) is 66.7 Å². The SMILES string of the molecule is CN(CC(=O)NCCCOCCOCCOCCCC#N)C(=O)CCC(=O)Nc1nc(-c2ccccc2)cc(-c2ccccc2)n1. The maximum absolute atomic E-state index is 12.7. The van der Waals surface area contributed by atoms with Gasteiger partial charge in [0.25, 0.3) is 0 Å². The molecule has 46 heavy (non-hydrogen) atoms. The van der Waals surface area contributed by atoms with Gasteiger partial charge in [-0.05, 0) is 18.9 Å². The maximum atomic E-state index is 12.7. The van der Waals surface area contributed by atoms with Gasteiger partial charge in [-0.2, -0.15) is 5.26 Å². The lowest BCUT2D eigenvalue weighted by molar-refractivity contribution is -0.135. The van der Waals surface area contributed by atoms with E-state index in [1.807, 2.05) is 66.7 Å². The number of nitrogens with one attached hydrogen (secondary N) is 2. The van der Waals surface area contributed by atoms with Crippen LogP contribution in [0.15, 0.2) is 66.7 Å². The lowest BCUT2D eigenvalue weighted by Gasteiger charge is -2.17. The molecule has 0 aliphatic heterocycles. The van der Waals surface area contributed by atoms with Crippen LogP contribution in [-0.2, 0) is 28.6 Å². The van der Waals surface area contributed by atoms with Crippen molar-refractivity contribution in [2.24, 2.45) is 0 Å². The first-order chi connectivity index (χ1) is 22.5. The van der Waals surface area contributed by atoms with Gasteiger partial charge in [-0.25, -0.2) is 9.97 Å². The molecular formula is C34H42N6O6. The molecule has 1 heterocycles. The molecule has 0 radical (unpaired) electrons. The first-order valence-corrected chi connectivity index (χ1v) is 15.4. The van der Waals surface area contributed by atoms with Crippen molar-refractivity contribution in [2.75, 3.05) is 65.1 Å². The number of hydrogen-bond donors (Lipinski definition) is 2. The zero-order valence-electron chi connectivity index (χ0n) is 26.3. The topological polar surface area (TPSA) is 156 Å². The van der Waals surface area contributed by atoms with Gasteiger partial charge < -0.3 is 24.4 Å². The third-order valence-corrected chi connectivity index (χ3v) is 6.60. The molecule has 0 fully saturated rings. The van der Waals surface area contributed by atoms with Gasteiger partial charge in [-0.15, -0.1) is 0 Å². The summed E-state index contributed by atoms with van der Waals surface area (Å²) in [6.07, 6.45) is 1.68. The van der Waals surface area contributed by atoms with Crippen LogP contribution in [0.1, 0.15) is 32.1 Å². The molecule has 0 unspecified atom stereocenters. The van der Waals surface area contributed by atoms with E-state index in [2.05, 4.69) is 26.7 Å². The van der Waals surface area contributed by atoms with E-state index in [0.29, 0.717) is 70.4 Å². The molecule has 0 bridgehead atoms. The van der Waals surface area contributed by atoms with Crippen LogP contribution in [0.25, 0.3) is 22.5 Å². The molecule has 2 aromatic carbocycles. The number of carbonyl (C=O) groups excluding carboxylic acids is 3. The van der Waals surface area contributed by atoms with Gasteiger partial charge >= 0.3 is 0 Å². The van der Waals surface area contributed by atoms with Crippen molar-refractivity contribution in [1.82, 2.24) is 20.2 Å². The van der Waals surface area contributed by atoms with E-state index < -0.39 is 5.91 Å². The highest BCUT2D eigenvalue weighted by Crippen LogP contribution is 2.25. The third-order valence-electron chi connectivity index (χ3n) is 6.60. The lowest BCUT2D eigenvalue weighted by atomic mass is 10.1. The molecule has 244 valence electrons. The molecule has 3 aromatic rings. The molecule has 0 spiro atoms. The van der Waals surface area contributed by atoms with Crippen LogP contribution in [0.5, 0.6) is 0 Å². The van der Waals surface area contributed by atoms with E-state index in [4.69, 9.17) is 19.5 Å². The Balaban J connectivity index is 1.32. The molecule has 0 saturated carbocycles. The van der Waals surface area contributed by atoms with Gasteiger partial charge in [0.2, 0.25) is 23.7 Å². The minimum absolute atomic E-state index is 0.0667. The predicted molar refractivity (Wildman–Crippen MR) is 173 cm³/mol. The van der Waals surface area contributed by atoms with E-state index in [9.17, 15) is 14.4 Å². The molecule has 0 aliphatic carbocycles. The maximum Gasteiger partial charge on any atom is 0.239 e. The zero-order chi connectivity index (χ0) is 32.8. The van der Waals surface area contributed by atoms with Crippen molar-refractivity contribution in [2.45, 2.75) is 32.1 Å². The first-order valence-electron chi connectivity index (χ1n) is 15.4. The van der Waals surface area contributed by atoms with E-state index in [0.717, 1.165) is 17.5 Å². The van der Waals surface area contributed by atoms with Crippen molar-refractivity contribution in [3.8, 4) is 28.6 Å². The van der Waals surface area contributed by atoms with Gasteiger partial charge in [0.05, 0.1) is 50.4 Å². The number of benzene rings is 2. The molecule has 12 heteroatoms. The fourth-order valence-corrected chi connectivity index (χ4v) is 4.17. The fourth-order valence-electron chi connectivity index (χ4n) is 4.17.